The van der Waals surface area contributed by atoms with E-state index in [9.17, 15) is 0 Å². The molecule has 0 spiro atoms. The summed E-state index contributed by atoms with van der Waals surface area (Å²) in [6.07, 6.45) is 2.18. The highest BCUT2D eigenvalue weighted by atomic mass is 32.2. The molecule has 1 heterocycles. The Kier molecular flexibility index (Phi) is 4.10. The maximum atomic E-state index is 3.64. The molecular formula is C8H17NS2. The highest BCUT2D eigenvalue weighted by Gasteiger charge is 2.22. The smallest absolute Gasteiger partial charge is 0.0623 e. The molecule has 66 valence electrons. The van der Waals surface area contributed by atoms with Gasteiger partial charge in [-0.05, 0) is 12.2 Å². The van der Waals surface area contributed by atoms with Crippen molar-refractivity contribution in [1.82, 2.24) is 5.32 Å². The van der Waals surface area contributed by atoms with Crippen molar-refractivity contribution in [2.24, 2.45) is 5.92 Å². The standard InChI is InChI=1S/C8H17NS2/c1-6(2)7-4-11-5-8(9-7)10-3/h6-9H,4-5H2,1-3H3. The van der Waals surface area contributed by atoms with Crippen molar-refractivity contribution in [2.45, 2.75) is 25.3 Å². The van der Waals surface area contributed by atoms with E-state index in [1.165, 1.54) is 11.5 Å². The molecule has 1 saturated heterocycles. The Balaban J connectivity index is 2.33. The third-order valence-electron chi connectivity index (χ3n) is 2.06. The molecule has 0 saturated carbocycles. The Morgan fingerprint density at radius 3 is 2.73 bits per heavy atom. The molecule has 1 nitrogen and oxygen atoms in total. The van der Waals surface area contributed by atoms with E-state index >= 15 is 0 Å². The van der Waals surface area contributed by atoms with E-state index in [0.717, 1.165) is 12.0 Å². The van der Waals surface area contributed by atoms with Gasteiger partial charge < -0.3 is 5.32 Å². The SMILES string of the molecule is CSC1CSCC(C(C)C)N1. The van der Waals surface area contributed by atoms with Gasteiger partial charge in [-0.1, -0.05) is 13.8 Å². The summed E-state index contributed by atoms with van der Waals surface area (Å²) in [7, 11) is 0. The first-order chi connectivity index (χ1) is 5.24. The molecule has 0 aromatic carbocycles. The summed E-state index contributed by atoms with van der Waals surface area (Å²) in [5, 5.41) is 4.33. The van der Waals surface area contributed by atoms with E-state index in [4.69, 9.17) is 0 Å². The van der Waals surface area contributed by atoms with Crippen molar-refractivity contribution in [2.75, 3.05) is 17.8 Å². The normalized spacial score (nSPS) is 32.7. The Morgan fingerprint density at radius 1 is 1.45 bits per heavy atom. The third kappa shape index (κ3) is 2.88. The van der Waals surface area contributed by atoms with Gasteiger partial charge in [-0.25, -0.2) is 0 Å². The van der Waals surface area contributed by atoms with Crippen molar-refractivity contribution in [3.8, 4) is 0 Å². The van der Waals surface area contributed by atoms with Crippen LogP contribution in [0.4, 0.5) is 0 Å². The average molecular weight is 191 g/mol. The van der Waals surface area contributed by atoms with Crippen LogP contribution in [-0.4, -0.2) is 29.2 Å². The van der Waals surface area contributed by atoms with Gasteiger partial charge in [0.25, 0.3) is 0 Å². The zero-order chi connectivity index (χ0) is 8.27. The second kappa shape index (κ2) is 4.63. The van der Waals surface area contributed by atoms with Crippen molar-refractivity contribution >= 4 is 23.5 Å². The first kappa shape index (κ1) is 9.75. The molecule has 11 heavy (non-hydrogen) atoms. The highest BCUT2D eigenvalue weighted by molar-refractivity contribution is 8.03. The lowest BCUT2D eigenvalue weighted by molar-refractivity contribution is 0.425. The number of thioether (sulfide) groups is 2. The first-order valence-electron chi connectivity index (χ1n) is 4.10. The minimum atomic E-state index is 0.682. The van der Waals surface area contributed by atoms with Crippen molar-refractivity contribution < 1.29 is 0 Å². The van der Waals surface area contributed by atoms with Crippen LogP contribution in [0.15, 0.2) is 0 Å². The lowest BCUT2D eigenvalue weighted by Gasteiger charge is -2.32. The summed E-state index contributed by atoms with van der Waals surface area (Å²) in [6.45, 7) is 4.59. The van der Waals surface area contributed by atoms with E-state index < -0.39 is 0 Å². The largest absolute Gasteiger partial charge is 0.301 e. The van der Waals surface area contributed by atoms with Crippen LogP contribution in [0.5, 0.6) is 0 Å². The molecule has 1 rings (SSSR count). The summed E-state index contributed by atoms with van der Waals surface area (Å²) in [4.78, 5) is 0. The monoisotopic (exact) mass is 191 g/mol. The van der Waals surface area contributed by atoms with Gasteiger partial charge in [0.15, 0.2) is 0 Å². The molecule has 0 aromatic rings. The Labute approximate surface area is 78.1 Å². The van der Waals surface area contributed by atoms with Crippen LogP contribution < -0.4 is 5.32 Å². The highest BCUT2D eigenvalue weighted by Crippen LogP contribution is 2.21. The summed E-state index contributed by atoms with van der Waals surface area (Å²) in [5.41, 5.74) is 0. The van der Waals surface area contributed by atoms with Crippen molar-refractivity contribution in [3.63, 3.8) is 0 Å². The van der Waals surface area contributed by atoms with E-state index in [-0.39, 0.29) is 0 Å². The minimum Gasteiger partial charge on any atom is -0.301 e. The maximum Gasteiger partial charge on any atom is 0.0623 e. The van der Waals surface area contributed by atoms with Crippen LogP contribution >= 0.6 is 23.5 Å². The zero-order valence-electron chi connectivity index (χ0n) is 7.46. The van der Waals surface area contributed by atoms with Crippen molar-refractivity contribution in [3.05, 3.63) is 0 Å². The van der Waals surface area contributed by atoms with Gasteiger partial charge in [0, 0.05) is 17.5 Å². The molecule has 0 aliphatic carbocycles. The van der Waals surface area contributed by atoms with Crippen LogP contribution in [-0.2, 0) is 0 Å². The second-order valence-corrected chi connectivity index (χ2v) is 5.39. The molecular weight excluding hydrogens is 174 g/mol. The fourth-order valence-electron chi connectivity index (χ4n) is 1.16. The minimum absolute atomic E-state index is 0.682. The predicted octanol–water partition coefficient (Wildman–Crippen LogP) is 2.04. The number of hydrogen-bond acceptors (Lipinski definition) is 3. The number of hydrogen-bond donors (Lipinski definition) is 1. The molecule has 1 N–H and O–H groups in total. The van der Waals surface area contributed by atoms with E-state index in [0.29, 0.717) is 5.37 Å². The summed E-state index contributed by atoms with van der Waals surface area (Å²) >= 11 is 4.02. The van der Waals surface area contributed by atoms with Gasteiger partial charge in [-0.3, -0.25) is 0 Å². The van der Waals surface area contributed by atoms with Crippen LogP contribution in [0, 0.1) is 5.92 Å². The van der Waals surface area contributed by atoms with Gasteiger partial charge in [-0.2, -0.15) is 11.8 Å². The fourth-order valence-corrected chi connectivity index (χ4v) is 3.48. The Bertz CT molecular complexity index is 117. The van der Waals surface area contributed by atoms with Gasteiger partial charge in [0.1, 0.15) is 0 Å². The molecule has 0 aromatic heterocycles. The summed E-state index contributed by atoms with van der Waals surface area (Å²) in [5.74, 6) is 3.33. The quantitative estimate of drug-likeness (QED) is 0.717. The van der Waals surface area contributed by atoms with Gasteiger partial charge >= 0.3 is 0 Å². The predicted molar refractivity (Wildman–Crippen MR) is 56.4 cm³/mol. The number of nitrogens with one attached hydrogen (secondary N) is 1. The molecule has 1 aliphatic heterocycles. The Hall–Kier alpha value is 0.660. The topological polar surface area (TPSA) is 12.0 Å². The molecule has 2 atom stereocenters. The molecule has 1 aliphatic rings. The first-order valence-corrected chi connectivity index (χ1v) is 6.55. The molecule has 0 bridgehead atoms. The van der Waals surface area contributed by atoms with Crippen LogP contribution in [0.25, 0.3) is 0 Å². The summed E-state index contributed by atoms with van der Waals surface area (Å²) in [6, 6.07) is 0.728. The second-order valence-electron chi connectivity index (χ2n) is 3.28. The fraction of sp³-hybridized carbons (Fsp3) is 1.00. The van der Waals surface area contributed by atoms with E-state index in [1.807, 2.05) is 11.8 Å². The van der Waals surface area contributed by atoms with Gasteiger partial charge in [-0.15, -0.1) is 11.8 Å². The third-order valence-corrected chi connectivity index (χ3v) is 4.30. The van der Waals surface area contributed by atoms with E-state index in [2.05, 4.69) is 37.2 Å². The van der Waals surface area contributed by atoms with Crippen LogP contribution in [0.2, 0.25) is 0 Å². The van der Waals surface area contributed by atoms with Gasteiger partial charge in [0.05, 0.1) is 5.37 Å². The van der Waals surface area contributed by atoms with Crippen molar-refractivity contribution in [1.29, 1.82) is 0 Å². The molecule has 0 amide bonds. The molecule has 0 radical (unpaired) electrons. The summed E-state index contributed by atoms with van der Waals surface area (Å²) < 4.78 is 0. The van der Waals surface area contributed by atoms with E-state index in [1.54, 1.807) is 0 Å². The maximum absolute atomic E-state index is 3.64. The molecule has 3 heteroatoms. The molecule has 1 fully saturated rings. The number of rotatable bonds is 2. The lowest BCUT2D eigenvalue weighted by atomic mass is 10.1. The molecule has 2 unspecified atom stereocenters. The van der Waals surface area contributed by atoms with Crippen LogP contribution in [0.3, 0.4) is 0 Å². The van der Waals surface area contributed by atoms with Crippen LogP contribution in [0.1, 0.15) is 13.8 Å². The lowest BCUT2D eigenvalue weighted by Crippen LogP contribution is -2.46. The Morgan fingerprint density at radius 2 is 2.18 bits per heavy atom. The average Bonchev–Trinajstić information content (AvgIpc) is 2.05. The zero-order valence-corrected chi connectivity index (χ0v) is 9.10. The van der Waals surface area contributed by atoms with Gasteiger partial charge in [0.2, 0.25) is 0 Å².